The fraction of sp³-hybridized carbons (Fsp3) is 0.500. The minimum absolute atomic E-state index is 0.0764. The second-order valence-electron chi connectivity index (χ2n) is 5.81. The first-order chi connectivity index (χ1) is 10.8. The van der Waals surface area contributed by atoms with E-state index in [9.17, 15) is 18.0 Å². The van der Waals surface area contributed by atoms with E-state index in [0.717, 1.165) is 24.8 Å². The van der Waals surface area contributed by atoms with Crippen LogP contribution < -0.4 is 0 Å². The lowest BCUT2D eigenvalue weighted by molar-refractivity contribution is -0.138. The van der Waals surface area contributed by atoms with Gasteiger partial charge in [0, 0.05) is 20.0 Å². The van der Waals surface area contributed by atoms with Crippen molar-refractivity contribution in [3.8, 4) is 0 Å². The number of carboxylic acid groups (broad SMARTS) is 1. The van der Waals surface area contributed by atoms with E-state index in [1.54, 1.807) is 12.1 Å². The van der Waals surface area contributed by atoms with Crippen molar-refractivity contribution < 1.29 is 23.1 Å². The van der Waals surface area contributed by atoms with Gasteiger partial charge in [-0.05, 0) is 42.5 Å². The van der Waals surface area contributed by atoms with Crippen LogP contribution >= 0.6 is 0 Å². The summed E-state index contributed by atoms with van der Waals surface area (Å²) in [6.45, 7) is 0.0764. The summed E-state index contributed by atoms with van der Waals surface area (Å²) in [4.78, 5) is 23.9. The number of amides is 1. The number of hydrogen-bond acceptors (Lipinski definition) is 4. The molecule has 1 N–H and O–H groups in total. The van der Waals surface area contributed by atoms with Gasteiger partial charge in [-0.1, -0.05) is 6.07 Å². The van der Waals surface area contributed by atoms with Gasteiger partial charge >= 0.3 is 5.97 Å². The summed E-state index contributed by atoms with van der Waals surface area (Å²) in [5.41, 5.74) is 2.28. The second-order valence-corrected chi connectivity index (χ2v) is 7.92. The van der Waals surface area contributed by atoms with Crippen LogP contribution in [0.1, 0.15) is 30.4 Å². The molecule has 0 atom stereocenters. The first kappa shape index (κ1) is 17.5. The highest BCUT2D eigenvalue weighted by atomic mass is 32.2. The molecule has 0 bridgehead atoms. The molecule has 1 aromatic rings. The molecule has 0 spiro atoms. The smallest absolute Gasteiger partial charge is 0.305 e. The fourth-order valence-corrected chi connectivity index (χ4v) is 3.94. The van der Waals surface area contributed by atoms with Gasteiger partial charge in [-0.25, -0.2) is 8.42 Å². The summed E-state index contributed by atoms with van der Waals surface area (Å²) in [5.74, 6) is -1.62. The highest BCUT2D eigenvalue weighted by Gasteiger charge is 2.21. The van der Waals surface area contributed by atoms with Crippen molar-refractivity contribution in [2.45, 2.75) is 37.0 Å². The number of carbonyl (C=O) groups is 2. The predicted octanol–water partition coefficient (Wildman–Crippen LogP) is 1.27. The summed E-state index contributed by atoms with van der Waals surface area (Å²) in [6.07, 6.45) is 2.64. The van der Waals surface area contributed by atoms with Crippen molar-refractivity contribution in [3.63, 3.8) is 0 Å². The van der Waals surface area contributed by atoms with Gasteiger partial charge < -0.3 is 10.0 Å². The SMILES string of the molecule is CN(CCC(=O)O)C(=O)CCS(=O)(=O)c1ccc2c(c1)CCC2. The van der Waals surface area contributed by atoms with Crippen LogP contribution in [0.5, 0.6) is 0 Å². The van der Waals surface area contributed by atoms with Gasteiger partial charge in [-0.2, -0.15) is 0 Å². The predicted molar refractivity (Wildman–Crippen MR) is 85.0 cm³/mol. The Balaban J connectivity index is 1.96. The highest BCUT2D eigenvalue weighted by Crippen LogP contribution is 2.25. The molecule has 23 heavy (non-hydrogen) atoms. The third kappa shape index (κ3) is 4.54. The van der Waals surface area contributed by atoms with Gasteiger partial charge in [-0.15, -0.1) is 0 Å². The Labute approximate surface area is 136 Å². The third-order valence-corrected chi connectivity index (χ3v) is 5.81. The van der Waals surface area contributed by atoms with Crippen LogP contribution in [0, 0.1) is 0 Å². The normalized spacial score (nSPS) is 13.6. The van der Waals surface area contributed by atoms with Crippen molar-refractivity contribution in [1.29, 1.82) is 0 Å². The number of hydrogen-bond donors (Lipinski definition) is 1. The Morgan fingerprint density at radius 1 is 1.17 bits per heavy atom. The van der Waals surface area contributed by atoms with Gasteiger partial charge in [0.25, 0.3) is 0 Å². The molecule has 0 unspecified atom stereocenters. The number of carboxylic acids is 1. The molecule has 126 valence electrons. The van der Waals surface area contributed by atoms with E-state index in [-0.39, 0.29) is 35.9 Å². The van der Waals surface area contributed by atoms with Gasteiger partial charge in [-0.3, -0.25) is 9.59 Å². The van der Waals surface area contributed by atoms with E-state index < -0.39 is 15.8 Å². The molecule has 1 aromatic carbocycles. The molecular formula is C16H21NO5S. The maximum atomic E-state index is 12.4. The molecule has 1 aliphatic carbocycles. The van der Waals surface area contributed by atoms with Crippen LogP contribution in [-0.4, -0.2) is 49.6 Å². The van der Waals surface area contributed by atoms with Crippen molar-refractivity contribution in [3.05, 3.63) is 29.3 Å². The van der Waals surface area contributed by atoms with E-state index in [1.807, 2.05) is 6.07 Å². The van der Waals surface area contributed by atoms with Crippen LogP contribution in [-0.2, 0) is 32.3 Å². The maximum Gasteiger partial charge on any atom is 0.305 e. The van der Waals surface area contributed by atoms with Gasteiger partial charge in [0.15, 0.2) is 9.84 Å². The average molecular weight is 339 g/mol. The van der Waals surface area contributed by atoms with Crippen molar-refractivity contribution >= 4 is 21.7 Å². The minimum Gasteiger partial charge on any atom is -0.481 e. The second kappa shape index (κ2) is 7.12. The monoisotopic (exact) mass is 339 g/mol. The number of rotatable bonds is 7. The van der Waals surface area contributed by atoms with Crippen LogP contribution in [0.15, 0.2) is 23.1 Å². The summed E-state index contributed by atoms with van der Waals surface area (Å²) >= 11 is 0. The third-order valence-electron chi connectivity index (χ3n) is 4.10. The number of nitrogens with zero attached hydrogens (tertiary/aromatic N) is 1. The molecule has 7 heteroatoms. The number of aryl methyl sites for hydroxylation is 2. The first-order valence-corrected chi connectivity index (χ1v) is 9.25. The van der Waals surface area contributed by atoms with Crippen molar-refractivity contribution in [2.24, 2.45) is 0 Å². The molecule has 1 amide bonds. The van der Waals surface area contributed by atoms with Gasteiger partial charge in [0.05, 0.1) is 17.1 Å². The van der Waals surface area contributed by atoms with Crippen LogP contribution in [0.25, 0.3) is 0 Å². The Kier molecular flexibility index (Phi) is 5.41. The van der Waals surface area contributed by atoms with E-state index in [1.165, 1.54) is 17.5 Å². The molecule has 6 nitrogen and oxygen atoms in total. The van der Waals surface area contributed by atoms with Gasteiger partial charge in [0.1, 0.15) is 0 Å². The molecule has 0 saturated heterocycles. The topological polar surface area (TPSA) is 91.8 Å². The number of benzene rings is 1. The average Bonchev–Trinajstić information content (AvgIpc) is 2.97. The van der Waals surface area contributed by atoms with E-state index >= 15 is 0 Å². The van der Waals surface area contributed by atoms with E-state index in [0.29, 0.717) is 0 Å². The van der Waals surface area contributed by atoms with E-state index in [4.69, 9.17) is 5.11 Å². The summed E-state index contributed by atoms with van der Waals surface area (Å²) in [6, 6.07) is 5.18. The lowest BCUT2D eigenvalue weighted by Gasteiger charge is -2.16. The molecule has 0 radical (unpaired) electrons. The Morgan fingerprint density at radius 3 is 2.57 bits per heavy atom. The maximum absolute atomic E-state index is 12.4. The van der Waals surface area contributed by atoms with Crippen molar-refractivity contribution in [2.75, 3.05) is 19.3 Å². The Morgan fingerprint density at radius 2 is 1.87 bits per heavy atom. The fourth-order valence-electron chi connectivity index (χ4n) is 2.66. The summed E-state index contributed by atoms with van der Waals surface area (Å²) < 4.78 is 24.7. The molecule has 1 aliphatic rings. The zero-order valence-corrected chi connectivity index (χ0v) is 13.9. The zero-order valence-electron chi connectivity index (χ0n) is 13.1. The molecule has 0 aliphatic heterocycles. The molecular weight excluding hydrogens is 318 g/mol. The van der Waals surface area contributed by atoms with Crippen LogP contribution in [0.4, 0.5) is 0 Å². The first-order valence-electron chi connectivity index (χ1n) is 7.60. The number of carbonyl (C=O) groups excluding carboxylic acids is 1. The lowest BCUT2D eigenvalue weighted by Crippen LogP contribution is -2.30. The van der Waals surface area contributed by atoms with Crippen LogP contribution in [0.2, 0.25) is 0 Å². The Hall–Kier alpha value is -1.89. The van der Waals surface area contributed by atoms with Gasteiger partial charge in [0.2, 0.25) is 5.91 Å². The quantitative estimate of drug-likeness (QED) is 0.808. The van der Waals surface area contributed by atoms with E-state index in [2.05, 4.69) is 0 Å². The summed E-state index contributed by atoms with van der Waals surface area (Å²) in [7, 11) is -2.03. The molecule has 0 heterocycles. The van der Waals surface area contributed by atoms with Crippen molar-refractivity contribution in [1.82, 2.24) is 4.90 Å². The highest BCUT2D eigenvalue weighted by molar-refractivity contribution is 7.91. The number of sulfone groups is 1. The largest absolute Gasteiger partial charge is 0.481 e. The molecule has 2 rings (SSSR count). The summed E-state index contributed by atoms with van der Waals surface area (Å²) in [5, 5.41) is 8.59. The van der Waals surface area contributed by atoms with Crippen LogP contribution in [0.3, 0.4) is 0 Å². The standard InChI is InChI=1S/C16H21NO5S/c1-17(9-7-16(19)20)15(18)8-10-23(21,22)14-6-5-12-3-2-4-13(12)11-14/h5-6,11H,2-4,7-10H2,1H3,(H,19,20). The molecule has 0 aromatic heterocycles. The Bertz CT molecular complexity index is 711. The zero-order chi connectivity index (χ0) is 17.0. The number of aliphatic carboxylic acids is 1. The molecule has 0 saturated carbocycles. The molecule has 0 fully saturated rings. The lowest BCUT2D eigenvalue weighted by atomic mass is 10.1. The number of fused-ring (bicyclic) bond motifs is 1. The minimum atomic E-state index is -3.51.